The van der Waals surface area contributed by atoms with Crippen LogP contribution in [-0.2, 0) is 20.7 Å². The van der Waals surface area contributed by atoms with E-state index in [1.165, 1.54) is 4.90 Å². The minimum atomic E-state index is -1.08. The molecule has 3 aromatic carbocycles. The molecule has 41 heavy (non-hydrogen) atoms. The molecule has 0 heterocycles. The normalized spacial score (nSPS) is 12.7. The molecule has 0 aliphatic heterocycles. The SMILES string of the molecule is Cc1ccc(C(C(=O)Nc2c(C)cccc2C)N(CCO)C(=O)C(Cc2ccccc2)NC(=O)OC(C)(C)C)cc1. The molecule has 0 aromatic heterocycles. The molecule has 2 atom stereocenters. The minimum absolute atomic E-state index is 0.126. The smallest absolute Gasteiger partial charge is 0.408 e. The molecule has 3 rings (SSSR count). The number of carbonyl (C=O) groups excluding carboxylic acids is 3. The molecule has 0 aliphatic rings. The Hall–Kier alpha value is -4.17. The van der Waals surface area contributed by atoms with Gasteiger partial charge in [0.25, 0.3) is 5.91 Å². The van der Waals surface area contributed by atoms with Crippen molar-refractivity contribution in [2.45, 2.75) is 65.6 Å². The van der Waals surface area contributed by atoms with Gasteiger partial charge in [0, 0.05) is 18.7 Å². The van der Waals surface area contributed by atoms with Crippen LogP contribution in [0, 0.1) is 20.8 Å². The van der Waals surface area contributed by atoms with Crippen LogP contribution in [0.5, 0.6) is 0 Å². The Labute approximate surface area is 242 Å². The van der Waals surface area contributed by atoms with Crippen molar-refractivity contribution in [3.8, 4) is 0 Å². The summed E-state index contributed by atoms with van der Waals surface area (Å²) in [6.45, 7) is 10.5. The van der Waals surface area contributed by atoms with Crippen molar-refractivity contribution < 1.29 is 24.2 Å². The minimum Gasteiger partial charge on any atom is -0.444 e. The third-order valence-corrected chi connectivity index (χ3v) is 6.58. The maximum absolute atomic E-state index is 14.3. The number of carbonyl (C=O) groups is 3. The molecule has 0 radical (unpaired) electrons. The van der Waals surface area contributed by atoms with Crippen LogP contribution in [-0.4, -0.2) is 52.7 Å². The summed E-state index contributed by atoms with van der Waals surface area (Å²) in [6, 6.07) is 20.2. The second kappa shape index (κ2) is 13.9. The standard InChI is InChI=1S/C33H41N3O5/c1-22-15-17-26(18-16-22)29(30(38)35-28-23(2)11-10-12-24(28)3)36(19-20-37)31(39)27(21-25-13-8-7-9-14-25)34-32(40)41-33(4,5)6/h7-18,27,29,37H,19-21H2,1-6H3,(H,34,40)(H,35,38). The van der Waals surface area contributed by atoms with Crippen LogP contribution in [0.25, 0.3) is 0 Å². The number of para-hydroxylation sites is 1. The number of amides is 3. The second-order valence-electron chi connectivity index (χ2n) is 11.2. The lowest BCUT2D eigenvalue weighted by atomic mass is 9.99. The first-order valence-corrected chi connectivity index (χ1v) is 13.8. The molecule has 8 heteroatoms. The van der Waals surface area contributed by atoms with Gasteiger partial charge in [0.05, 0.1) is 6.61 Å². The van der Waals surface area contributed by atoms with Crippen LogP contribution in [0.1, 0.15) is 54.6 Å². The number of rotatable bonds is 10. The van der Waals surface area contributed by atoms with Gasteiger partial charge in [-0.3, -0.25) is 9.59 Å². The maximum atomic E-state index is 14.3. The van der Waals surface area contributed by atoms with Gasteiger partial charge in [0.1, 0.15) is 17.7 Å². The number of aliphatic hydroxyl groups is 1. The van der Waals surface area contributed by atoms with Gasteiger partial charge in [0.15, 0.2) is 0 Å². The van der Waals surface area contributed by atoms with Gasteiger partial charge in [-0.15, -0.1) is 0 Å². The highest BCUT2D eigenvalue weighted by Crippen LogP contribution is 2.27. The number of benzene rings is 3. The van der Waals surface area contributed by atoms with Crippen molar-refractivity contribution in [2.75, 3.05) is 18.5 Å². The average molecular weight is 560 g/mol. The van der Waals surface area contributed by atoms with Crippen molar-refractivity contribution in [3.63, 3.8) is 0 Å². The Balaban J connectivity index is 2.05. The summed E-state index contributed by atoms with van der Waals surface area (Å²) < 4.78 is 5.46. The summed E-state index contributed by atoms with van der Waals surface area (Å²) in [5.74, 6) is -0.945. The van der Waals surface area contributed by atoms with Crippen LogP contribution in [0.15, 0.2) is 72.8 Å². The van der Waals surface area contributed by atoms with E-state index in [2.05, 4.69) is 10.6 Å². The molecule has 8 nitrogen and oxygen atoms in total. The summed E-state index contributed by atoms with van der Waals surface area (Å²) in [7, 11) is 0. The summed E-state index contributed by atoms with van der Waals surface area (Å²) in [5, 5.41) is 15.8. The van der Waals surface area contributed by atoms with Crippen LogP contribution in [0.4, 0.5) is 10.5 Å². The maximum Gasteiger partial charge on any atom is 0.408 e. The van der Waals surface area contributed by atoms with E-state index in [1.807, 2.05) is 81.4 Å². The molecule has 0 spiro atoms. The molecule has 0 bridgehead atoms. The highest BCUT2D eigenvalue weighted by atomic mass is 16.6. The summed E-state index contributed by atoms with van der Waals surface area (Å²) in [6.07, 6.45) is -0.581. The van der Waals surface area contributed by atoms with E-state index in [0.717, 1.165) is 22.3 Å². The van der Waals surface area contributed by atoms with Gasteiger partial charge in [-0.1, -0.05) is 78.4 Å². The summed E-state index contributed by atoms with van der Waals surface area (Å²) >= 11 is 0. The fourth-order valence-corrected chi connectivity index (χ4v) is 4.60. The van der Waals surface area contributed by atoms with Crippen molar-refractivity contribution in [3.05, 3.63) is 101 Å². The zero-order valence-corrected chi connectivity index (χ0v) is 24.7. The quantitative estimate of drug-likeness (QED) is 0.315. The molecule has 3 aromatic rings. The van der Waals surface area contributed by atoms with E-state index in [4.69, 9.17) is 4.74 Å². The van der Waals surface area contributed by atoms with E-state index in [1.54, 1.807) is 32.9 Å². The Morgan fingerprint density at radius 3 is 2.05 bits per heavy atom. The molecular formula is C33H41N3O5. The first-order valence-electron chi connectivity index (χ1n) is 13.8. The Morgan fingerprint density at radius 2 is 1.49 bits per heavy atom. The van der Waals surface area contributed by atoms with Crippen LogP contribution >= 0.6 is 0 Å². The number of nitrogens with zero attached hydrogens (tertiary/aromatic N) is 1. The third-order valence-electron chi connectivity index (χ3n) is 6.58. The number of hydrogen-bond donors (Lipinski definition) is 3. The first-order chi connectivity index (χ1) is 19.4. The highest BCUT2D eigenvalue weighted by Gasteiger charge is 2.36. The van der Waals surface area contributed by atoms with Crippen LogP contribution in [0.2, 0.25) is 0 Å². The van der Waals surface area contributed by atoms with Gasteiger partial charge >= 0.3 is 6.09 Å². The summed E-state index contributed by atoms with van der Waals surface area (Å²) in [4.78, 5) is 42.5. The molecule has 2 unspecified atom stereocenters. The predicted octanol–water partition coefficient (Wildman–Crippen LogP) is 5.25. The average Bonchev–Trinajstić information content (AvgIpc) is 2.90. The molecule has 3 amide bonds. The van der Waals surface area contributed by atoms with Gasteiger partial charge in [-0.2, -0.15) is 0 Å². The van der Waals surface area contributed by atoms with Gasteiger partial charge in [-0.05, 0) is 63.8 Å². The van der Waals surface area contributed by atoms with E-state index in [9.17, 15) is 19.5 Å². The Kier molecular flexibility index (Phi) is 10.7. The van der Waals surface area contributed by atoms with E-state index in [-0.39, 0.29) is 19.6 Å². The van der Waals surface area contributed by atoms with E-state index < -0.39 is 35.6 Å². The van der Waals surface area contributed by atoms with Gasteiger partial charge in [-0.25, -0.2) is 4.79 Å². The molecule has 3 N–H and O–H groups in total. The molecule has 0 aliphatic carbocycles. The molecule has 0 saturated carbocycles. The largest absolute Gasteiger partial charge is 0.444 e. The number of alkyl carbamates (subject to hydrolysis) is 1. The predicted molar refractivity (Wildman–Crippen MR) is 161 cm³/mol. The fraction of sp³-hybridized carbons (Fsp3) is 0.364. The number of nitrogens with one attached hydrogen (secondary N) is 2. The van der Waals surface area contributed by atoms with E-state index in [0.29, 0.717) is 11.3 Å². The number of hydrogen-bond acceptors (Lipinski definition) is 5. The zero-order chi connectivity index (χ0) is 30.2. The molecule has 218 valence electrons. The third kappa shape index (κ3) is 8.91. The van der Waals surface area contributed by atoms with Crippen molar-refractivity contribution in [1.29, 1.82) is 0 Å². The monoisotopic (exact) mass is 559 g/mol. The van der Waals surface area contributed by atoms with Crippen molar-refractivity contribution >= 4 is 23.6 Å². The lowest BCUT2D eigenvalue weighted by molar-refractivity contribution is -0.141. The topological polar surface area (TPSA) is 108 Å². The van der Waals surface area contributed by atoms with Crippen LogP contribution in [0.3, 0.4) is 0 Å². The number of anilines is 1. The summed E-state index contributed by atoms with van der Waals surface area (Å²) in [5.41, 5.74) is 4.05. The van der Waals surface area contributed by atoms with Crippen molar-refractivity contribution in [2.24, 2.45) is 0 Å². The Morgan fingerprint density at radius 1 is 0.878 bits per heavy atom. The fourth-order valence-electron chi connectivity index (χ4n) is 4.60. The number of ether oxygens (including phenoxy) is 1. The molecule has 0 saturated heterocycles. The van der Waals surface area contributed by atoms with Gasteiger partial charge < -0.3 is 25.4 Å². The molecule has 0 fully saturated rings. The zero-order valence-electron chi connectivity index (χ0n) is 24.7. The molecular weight excluding hydrogens is 518 g/mol. The lowest BCUT2D eigenvalue weighted by Gasteiger charge is -2.34. The highest BCUT2D eigenvalue weighted by molar-refractivity contribution is 6.00. The number of aliphatic hydroxyl groups excluding tert-OH is 1. The van der Waals surface area contributed by atoms with Crippen molar-refractivity contribution in [1.82, 2.24) is 10.2 Å². The number of aryl methyl sites for hydroxylation is 3. The van der Waals surface area contributed by atoms with Crippen LogP contribution < -0.4 is 10.6 Å². The van der Waals surface area contributed by atoms with Gasteiger partial charge in [0.2, 0.25) is 5.91 Å². The Bertz CT molecular complexity index is 1310. The second-order valence-corrected chi connectivity index (χ2v) is 11.2. The van der Waals surface area contributed by atoms with E-state index >= 15 is 0 Å². The lowest BCUT2D eigenvalue weighted by Crippen LogP contribution is -2.53. The first kappa shape index (κ1) is 31.4.